The minimum Gasteiger partial charge on any atom is -0.493 e. The molecule has 1 N–H and O–H groups in total. The van der Waals surface area contributed by atoms with E-state index in [4.69, 9.17) is 21.1 Å². The highest BCUT2D eigenvalue weighted by Gasteiger charge is 2.36. The number of urea groups is 1. The molecule has 8 heteroatoms. The van der Waals surface area contributed by atoms with Crippen LogP contribution in [0.5, 0.6) is 11.5 Å². The molecular formula is C22H21ClN2O5. The van der Waals surface area contributed by atoms with Crippen LogP contribution in [0.1, 0.15) is 25.8 Å². The second-order valence-corrected chi connectivity index (χ2v) is 7.12. The third-order valence-corrected chi connectivity index (χ3v) is 4.84. The van der Waals surface area contributed by atoms with Gasteiger partial charge in [-0.05, 0) is 61.4 Å². The Kier molecular flexibility index (Phi) is 6.42. The minimum atomic E-state index is -0.820. The van der Waals surface area contributed by atoms with E-state index in [1.165, 1.54) is 25.3 Å². The molecule has 2 aromatic carbocycles. The summed E-state index contributed by atoms with van der Waals surface area (Å²) >= 11 is 5.87. The third kappa shape index (κ3) is 4.46. The van der Waals surface area contributed by atoms with Crippen molar-refractivity contribution in [2.45, 2.75) is 26.4 Å². The maximum Gasteiger partial charge on any atom is 0.335 e. The first-order valence-corrected chi connectivity index (χ1v) is 9.73. The Labute approximate surface area is 179 Å². The fourth-order valence-corrected chi connectivity index (χ4v) is 2.95. The van der Waals surface area contributed by atoms with Crippen molar-refractivity contribution in [3.05, 3.63) is 58.6 Å². The second kappa shape index (κ2) is 9.00. The molecule has 0 aromatic heterocycles. The summed E-state index contributed by atoms with van der Waals surface area (Å²) in [6.07, 6.45) is 2.24. The molecule has 0 saturated carbocycles. The highest BCUT2D eigenvalue weighted by molar-refractivity contribution is 6.39. The second-order valence-electron chi connectivity index (χ2n) is 6.68. The molecule has 1 fully saturated rings. The molecule has 3 rings (SSSR count). The molecular weight excluding hydrogens is 408 g/mol. The van der Waals surface area contributed by atoms with Gasteiger partial charge in [-0.2, -0.15) is 0 Å². The minimum absolute atomic E-state index is 0.00718. The Morgan fingerprint density at radius 2 is 1.80 bits per heavy atom. The first-order valence-electron chi connectivity index (χ1n) is 9.35. The standard InChI is InChI=1S/C22H21ClN2O5/c1-4-13(2)30-18-10-5-14(12-19(18)29-3)11-17-20(26)24-22(28)25(21(17)27)16-8-6-15(23)7-9-16/h5-13H,4H2,1-3H3,(H,24,26,28)/b17-11+/t13-/m0/s1. The quantitative estimate of drug-likeness (QED) is 0.550. The number of halogens is 1. The molecule has 0 radical (unpaired) electrons. The number of ether oxygens (including phenoxy) is 2. The first kappa shape index (κ1) is 21.4. The topological polar surface area (TPSA) is 84.9 Å². The SMILES string of the molecule is CC[C@H](C)Oc1ccc(/C=C2\C(=O)NC(=O)N(c3ccc(Cl)cc3)C2=O)cc1OC. The van der Waals surface area contributed by atoms with Gasteiger partial charge in [0.1, 0.15) is 5.57 Å². The lowest BCUT2D eigenvalue weighted by Crippen LogP contribution is -2.54. The molecule has 1 aliphatic rings. The maximum absolute atomic E-state index is 12.9. The van der Waals surface area contributed by atoms with E-state index in [1.807, 2.05) is 13.8 Å². The van der Waals surface area contributed by atoms with Crippen LogP contribution in [-0.4, -0.2) is 31.1 Å². The van der Waals surface area contributed by atoms with Gasteiger partial charge in [0.2, 0.25) is 0 Å². The van der Waals surface area contributed by atoms with Crippen LogP contribution in [-0.2, 0) is 9.59 Å². The van der Waals surface area contributed by atoms with Crippen LogP contribution in [0.25, 0.3) is 6.08 Å². The predicted octanol–water partition coefficient (Wildman–Crippen LogP) is 4.19. The summed E-state index contributed by atoms with van der Waals surface area (Å²) in [5, 5.41) is 2.65. The summed E-state index contributed by atoms with van der Waals surface area (Å²) < 4.78 is 11.2. The molecule has 7 nitrogen and oxygen atoms in total. The van der Waals surface area contributed by atoms with E-state index in [0.29, 0.717) is 27.8 Å². The summed E-state index contributed by atoms with van der Waals surface area (Å²) in [6.45, 7) is 3.96. The normalized spacial score (nSPS) is 16.5. The summed E-state index contributed by atoms with van der Waals surface area (Å²) in [6, 6.07) is 10.4. The Morgan fingerprint density at radius 3 is 2.43 bits per heavy atom. The lowest BCUT2D eigenvalue weighted by molar-refractivity contribution is -0.122. The highest BCUT2D eigenvalue weighted by Crippen LogP contribution is 2.31. The molecule has 0 unspecified atom stereocenters. The van der Waals surface area contributed by atoms with Gasteiger partial charge in [0, 0.05) is 5.02 Å². The van der Waals surface area contributed by atoms with E-state index in [2.05, 4.69) is 5.32 Å². The van der Waals surface area contributed by atoms with Gasteiger partial charge in [0.05, 0.1) is 18.9 Å². The van der Waals surface area contributed by atoms with Crippen molar-refractivity contribution in [3.63, 3.8) is 0 Å². The number of hydrogen-bond acceptors (Lipinski definition) is 5. The number of carbonyl (C=O) groups excluding carboxylic acids is 3. The average Bonchev–Trinajstić information content (AvgIpc) is 2.73. The monoisotopic (exact) mass is 428 g/mol. The van der Waals surface area contributed by atoms with Crippen molar-refractivity contribution in [2.24, 2.45) is 0 Å². The number of carbonyl (C=O) groups is 3. The fourth-order valence-electron chi connectivity index (χ4n) is 2.82. The van der Waals surface area contributed by atoms with E-state index in [-0.39, 0.29) is 11.7 Å². The van der Waals surface area contributed by atoms with Gasteiger partial charge in [-0.3, -0.25) is 14.9 Å². The first-order chi connectivity index (χ1) is 14.3. The lowest BCUT2D eigenvalue weighted by atomic mass is 10.1. The van der Waals surface area contributed by atoms with E-state index < -0.39 is 17.8 Å². The molecule has 1 atom stereocenters. The third-order valence-electron chi connectivity index (χ3n) is 4.59. The number of barbiturate groups is 1. The van der Waals surface area contributed by atoms with E-state index in [0.717, 1.165) is 11.3 Å². The van der Waals surface area contributed by atoms with Crippen molar-refractivity contribution >= 4 is 41.2 Å². The zero-order chi connectivity index (χ0) is 21.8. The summed E-state index contributed by atoms with van der Waals surface area (Å²) in [5.41, 5.74) is 0.671. The van der Waals surface area contributed by atoms with Crippen molar-refractivity contribution < 1.29 is 23.9 Å². The number of amides is 4. The Hall–Kier alpha value is -3.32. The zero-order valence-electron chi connectivity index (χ0n) is 16.8. The van der Waals surface area contributed by atoms with Crippen LogP contribution in [0.3, 0.4) is 0 Å². The molecule has 0 spiro atoms. The van der Waals surface area contributed by atoms with Crippen LogP contribution in [0.15, 0.2) is 48.0 Å². The van der Waals surface area contributed by atoms with Crippen molar-refractivity contribution in [2.75, 3.05) is 12.0 Å². The Bertz CT molecular complexity index is 1020. The van der Waals surface area contributed by atoms with Crippen LogP contribution in [0.2, 0.25) is 5.02 Å². The lowest BCUT2D eigenvalue weighted by Gasteiger charge is -2.26. The molecule has 0 bridgehead atoms. The molecule has 0 aliphatic carbocycles. The number of rotatable bonds is 6. The van der Waals surface area contributed by atoms with Crippen molar-refractivity contribution in [1.82, 2.24) is 5.32 Å². The number of imide groups is 2. The summed E-state index contributed by atoms with van der Waals surface area (Å²) in [7, 11) is 1.51. The molecule has 1 heterocycles. The fraction of sp³-hybridized carbons (Fsp3) is 0.227. The molecule has 30 heavy (non-hydrogen) atoms. The maximum atomic E-state index is 12.9. The number of hydrogen-bond donors (Lipinski definition) is 1. The van der Waals surface area contributed by atoms with Crippen LogP contribution >= 0.6 is 11.6 Å². The zero-order valence-corrected chi connectivity index (χ0v) is 17.5. The number of nitrogens with zero attached hydrogens (tertiary/aromatic N) is 1. The number of anilines is 1. The van der Waals surface area contributed by atoms with Crippen LogP contribution < -0.4 is 19.7 Å². The van der Waals surface area contributed by atoms with Gasteiger partial charge < -0.3 is 9.47 Å². The molecule has 1 saturated heterocycles. The highest BCUT2D eigenvalue weighted by atomic mass is 35.5. The summed E-state index contributed by atoms with van der Waals surface area (Å²) in [4.78, 5) is 38.4. The van der Waals surface area contributed by atoms with Crippen LogP contribution in [0.4, 0.5) is 10.5 Å². The smallest absolute Gasteiger partial charge is 0.335 e. The molecule has 4 amide bonds. The largest absolute Gasteiger partial charge is 0.493 e. The molecule has 2 aromatic rings. The van der Waals surface area contributed by atoms with E-state index in [1.54, 1.807) is 30.3 Å². The predicted molar refractivity (Wildman–Crippen MR) is 114 cm³/mol. The molecule has 156 valence electrons. The Morgan fingerprint density at radius 1 is 1.10 bits per heavy atom. The van der Waals surface area contributed by atoms with E-state index >= 15 is 0 Å². The number of nitrogens with one attached hydrogen (secondary N) is 1. The Balaban J connectivity index is 1.95. The van der Waals surface area contributed by atoms with Crippen molar-refractivity contribution in [3.8, 4) is 11.5 Å². The number of methoxy groups -OCH3 is 1. The van der Waals surface area contributed by atoms with Gasteiger partial charge in [-0.25, -0.2) is 9.69 Å². The van der Waals surface area contributed by atoms with Crippen molar-refractivity contribution in [1.29, 1.82) is 0 Å². The van der Waals surface area contributed by atoms with Gasteiger partial charge >= 0.3 is 6.03 Å². The molecule has 1 aliphatic heterocycles. The van der Waals surface area contributed by atoms with Gasteiger partial charge in [0.15, 0.2) is 11.5 Å². The number of benzene rings is 2. The summed E-state index contributed by atoms with van der Waals surface area (Å²) in [5.74, 6) is -0.468. The van der Waals surface area contributed by atoms with Gasteiger partial charge in [0.25, 0.3) is 11.8 Å². The van der Waals surface area contributed by atoms with Crippen LogP contribution in [0, 0.1) is 0 Å². The van der Waals surface area contributed by atoms with Gasteiger partial charge in [-0.15, -0.1) is 0 Å². The van der Waals surface area contributed by atoms with Gasteiger partial charge in [-0.1, -0.05) is 24.6 Å². The van der Waals surface area contributed by atoms with E-state index in [9.17, 15) is 14.4 Å². The average molecular weight is 429 g/mol.